The lowest BCUT2D eigenvalue weighted by Gasteiger charge is -2.32. The van der Waals surface area contributed by atoms with Gasteiger partial charge in [0.15, 0.2) is 11.5 Å². The SMILES string of the molecule is C=C(F)C(=O)N1CCCC1COC(=O)N1CCC(Nc2nc(C)nc3c(C(C)C)cnn23)CC1. The van der Waals surface area contributed by atoms with Crippen LogP contribution in [-0.2, 0) is 9.53 Å². The van der Waals surface area contributed by atoms with E-state index in [0.717, 1.165) is 30.5 Å². The normalized spacial score (nSPS) is 19.1. The summed E-state index contributed by atoms with van der Waals surface area (Å²) in [6.07, 6.45) is 4.31. The standard InChI is InChI=1S/C23H32FN7O3/c1-14(2)19-12-25-31-20(19)26-16(4)27-22(31)28-17-7-10-29(11-8-17)23(33)34-13-18-6-5-9-30(18)21(32)15(3)24/h12,14,17-18H,3,5-11,13H2,1-2,4H3,(H,26,27,28). The Morgan fingerprint density at radius 1 is 1.24 bits per heavy atom. The number of likely N-dealkylation sites (tertiary alicyclic amines) is 2. The Morgan fingerprint density at radius 3 is 2.65 bits per heavy atom. The van der Waals surface area contributed by atoms with Gasteiger partial charge in [0.25, 0.3) is 5.91 Å². The second-order valence-electron chi connectivity index (χ2n) is 9.27. The van der Waals surface area contributed by atoms with Crippen molar-refractivity contribution in [2.75, 3.05) is 31.6 Å². The second kappa shape index (κ2) is 9.94. The molecule has 4 heterocycles. The molecule has 0 bridgehead atoms. The largest absolute Gasteiger partial charge is 0.447 e. The lowest BCUT2D eigenvalue weighted by atomic mass is 10.1. The van der Waals surface area contributed by atoms with Gasteiger partial charge >= 0.3 is 6.09 Å². The van der Waals surface area contributed by atoms with Crippen LogP contribution < -0.4 is 5.32 Å². The van der Waals surface area contributed by atoms with Crippen LogP contribution in [-0.4, -0.2) is 79.7 Å². The summed E-state index contributed by atoms with van der Waals surface area (Å²) in [5.74, 6) is -0.0825. The predicted octanol–water partition coefficient (Wildman–Crippen LogP) is 3.04. The zero-order valence-corrected chi connectivity index (χ0v) is 20.0. The van der Waals surface area contributed by atoms with Gasteiger partial charge in [-0.3, -0.25) is 4.79 Å². The molecule has 2 amide bonds. The molecule has 0 aromatic carbocycles. The summed E-state index contributed by atoms with van der Waals surface area (Å²) >= 11 is 0. The third-order valence-electron chi connectivity index (χ3n) is 6.48. The minimum Gasteiger partial charge on any atom is -0.447 e. The number of nitrogens with zero attached hydrogens (tertiary/aromatic N) is 6. The Labute approximate surface area is 198 Å². The summed E-state index contributed by atoms with van der Waals surface area (Å²) in [6.45, 7) is 10.7. The van der Waals surface area contributed by atoms with E-state index in [0.29, 0.717) is 43.7 Å². The summed E-state index contributed by atoms with van der Waals surface area (Å²) in [4.78, 5) is 36.6. The van der Waals surface area contributed by atoms with Gasteiger partial charge in [-0.2, -0.15) is 14.6 Å². The van der Waals surface area contributed by atoms with E-state index < -0.39 is 17.8 Å². The summed E-state index contributed by atoms with van der Waals surface area (Å²) in [5.41, 5.74) is 1.88. The van der Waals surface area contributed by atoms with Gasteiger partial charge in [-0.15, -0.1) is 0 Å². The highest BCUT2D eigenvalue weighted by Gasteiger charge is 2.32. The summed E-state index contributed by atoms with van der Waals surface area (Å²) in [6, 6.07) is -0.178. The maximum absolute atomic E-state index is 13.2. The smallest absolute Gasteiger partial charge is 0.409 e. The number of carbonyl (C=O) groups excluding carboxylic acids is 2. The molecule has 0 radical (unpaired) electrons. The number of hydrogen-bond acceptors (Lipinski definition) is 7. The lowest BCUT2D eigenvalue weighted by molar-refractivity contribution is -0.130. The van der Waals surface area contributed by atoms with Gasteiger partial charge < -0.3 is 19.9 Å². The van der Waals surface area contributed by atoms with Crippen molar-refractivity contribution in [2.45, 2.75) is 64.5 Å². The second-order valence-corrected chi connectivity index (χ2v) is 9.27. The fraction of sp³-hybridized carbons (Fsp3) is 0.609. The quantitative estimate of drug-likeness (QED) is 0.643. The molecular formula is C23H32FN7O3. The molecule has 4 rings (SSSR count). The van der Waals surface area contributed by atoms with E-state index in [4.69, 9.17) is 4.74 Å². The number of rotatable bonds is 6. The zero-order valence-electron chi connectivity index (χ0n) is 20.0. The molecule has 2 aromatic rings. The van der Waals surface area contributed by atoms with Crippen LogP contribution >= 0.6 is 0 Å². The number of halogens is 1. The van der Waals surface area contributed by atoms with Gasteiger partial charge in [0.2, 0.25) is 5.95 Å². The van der Waals surface area contributed by atoms with Crippen LogP contribution in [0.25, 0.3) is 5.65 Å². The molecule has 2 aliphatic heterocycles. The molecule has 1 N–H and O–H groups in total. The van der Waals surface area contributed by atoms with Gasteiger partial charge in [-0.05, 0) is 38.5 Å². The van der Waals surface area contributed by atoms with Crippen LogP contribution in [0.15, 0.2) is 18.6 Å². The lowest BCUT2D eigenvalue weighted by Crippen LogP contribution is -2.44. The van der Waals surface area contributed by atoms with Crippen molar-refractivity contribution in [3.63, 3.8) is 0 Å². The van der Waals surface area contributed by atoms with Crippen molar-refractivity contribution >= 4 is 23.6 Å². The first-order valence-electron chi connectivity index (χ1n) is 11.8. The Kier molecular flexibility index (Phi) is 6.99. The fourth-order valence-corrected chi connectivity index (χ4v) is 4.58. The molecule has 0 saturated carbocycles. The third-order valence-corrected chi connectivity index (χ3v) is 6.48. The summed E-state index contributed by atoms with van der Waals surface area (Å²) < 4.78 is 20.4. The van der Waals surface area contributed by atoms with E-state index in [1.807, 2.05) is 13.1 Å². The average molecular weight is 474 g/mol. The maximum Gasteiger partial charge on any atom is 0.409 e. The van der Waals surface area contributed by atoms with Crippen molar-refractivity contribution in [1.82, 2.24) is 29.4 Å². The maximum atomic E-state index is 13.2. The summed E-state index contributed by atoms with van der Waals surface area (Å²) in [5, 5.41) is 7.93. The molecule has 2 fully saturated rings. The van der Waals surface area contributed by atoms with E-state index in [9.17, 15) is 14.0 Å². The number of nitrogens with one attached hydrogen (secondary N) is 1. The molecule has 0 aliphatic carbocycles. The monoisotopic (exact) mass is 473 g/mol. The number of hydrogen-bond donors (Lipinski definition) is 1. The first-order valence-corrected chi connectivity index (χ1v) is 11.8. The fourth-order valence-electron chi connectivity index (χ4n) is 4.58. The highest BCUT2D eigenvalue weighted by Crippen LogP contribution is 2.23. The molecule has 34 heavy (non-hydrogen) atoms. The van der Waals surface area contributed by atoms with Crippen molar-refractivity contribution in [1.29, 1.82) is 0 Å². The van der Waals surface area contributed by atoms with Crippen LogP contribution in [0.3, 0.4) is 0 Å². The number of aromatic nitrogens is 4. The molecule has 0 spiro atoms. The number of piperidine rings is 1. The van der Waals surface area contributed by atoms with Gasteiger partial charge in [-0.1, -0.05) is 20.4 Å². The number of aryl methyl sites for hydroxylation is 1. The van der Waals surface area contributed by atoms with E-state index in [1.54, 1.807) is 9.42 Å². The minimum absolute atomic E-state index is 0.0612. The molecule has 1 atom stereocenters. The molecule has 1 unspecified atom stereocenters. The summed E-state index contributed by atoms with van der Waals surface area (Å²) in [7, 11) is 0. The number of ether oxygens (including phenoxy) is 1. The van der Waals surface area contributed by atoms with Gasteiger partial charge in [-0.25, -0.2) is 14.2 Å². The van der Waals surface area contributed by atoms with Crippen molar-refractivity contribution in [3.05, 3.63) is 30.0 Å². The van der Waals surface area contributed by atoms with E-state index >= 15 is 0 Å². The third kappa shape index (κ3) is 4.97. The van der Waals surface area contributed by atoms with Crippen LogP contribution in [0.2, 0.25) is 0 Å². The van der Waals surface area contributed by atoms with Crippen molar-refractivity contribution in [2.24, 2.45) is 0 Å². The molecule has 11 heteroatoms. The van der Waals surface area contributed by atoms with Gasteiger partial charge in [0.1, 0.15) is 12.4 Å². The number of carbonyl (C=O) groups is 2. The Morgan fingerprint density at radius 2 is 1.97 bits per heavy atom. The Balaban J connectivity index is 1.30. The van der Waals surface area contributed by atoms with Crippen molar-refractivity contribution < 1.29 is 18.7 Å². The molecule has 184 valence electrons. The van der Waals surface area contributed by atoms with Crippen LogP contribution in [0.1, 0.15) is 56.8 Å². The average Bonchev–Trinajstić information content (AvgIpc) is 3.44. The molecule has 2 saturated heterocycles. The van der Waals surface area contributed by atoms with Crippen LogP contribution in [0.5, 0.6) is 0 Å². The molecule has 2 aliphatic rings. The van der Waals surface area contributed by atoms with Gasteiger partial charge in [0, 0.05) is 31.2 Å². The van der Waals surface area contributed by atoms with Crippen LogP contribution in [0.4, 0.5) is 15.1 Å². The minimum atomic E-state index is -0.987. The number of amides is 2. The zero-order chi connectivity index (χ0) is 24.4. The van der Waals surface area contributed by atoms with Crippen molar-refractivity contribution in [3.8, 4) is 0 Å². The molecule has 2 aromatic heterocycles. The topological polar surface area (TPSA) is 105 Å². The van der Waals surface area contributed by atoms with E-state index in [-0.39, 0.29) is 18.7 Å². The van der Waals surface area contributed by atoms with E-state index in [1.165, 1.54) is 4.90 Å². The highest BCUT2D eigenvalue weighted by molar-refractivity contribution is 5.91. The molecule has 10 nitrogen and oxygen atoms in total. The first-order chi connectivity index (χ1) is 16.2. The highest BCUT2D eigenvalue weighted by atomic mass is 19.1. The molecular weight excluding hydrogens is 441 g/mol. The number of fused-ring (bicyclic) bond motifs is 1. The van der Waals surface area contributed by atoms with E-state index in [2.05, 4.69) is 40.8 Å². The predicted molar refractivity (Wildman–Crippen MR) is 124 cm³/mol. The Bertz CT molecular complexity index is 1080. The van der Waals surface area contributed by atoms with Gasteiger partial charge in [0.05, 0.1) is 12.2 Å². The number of anilines is 1. The first kappa shape index (κ1) is 23.9. The van der Waals surface area contributed by atoms with Crippen LogP contribution in [0, 0.1) is 6.92 Å². The Hall–Kier alpha value is -3.24.